The molecule has 108 valence electrons. The molecule has 0 atom stereocenters. The number of ketones is 1. The van der Waals surface area contributed by atoms with Gasteiger partial charge in [0.15, 0.2) is 5.78 Å². The summed E-state index contributed by atoms with van der Waals surface area (Å²) in [6.45, 7) is 0. The zero-order chi connectivity index (χ0) is 15.4. The first-order valence-corrected chi connectivity index (χ1v) is 6.98. The molecule has 3 aromatic rings. The second-order valence-corrected chi connectivity index (χ2v) is 4.90. The standard InChI is InChI=1S/C19H15NO2/c1-22-20-13-17-11-15-9-5-6-10-16(15)12-18(17)19(21)14-7-3-2-4-8-14/h2-13H,1H3/b20-13+. The summed E-state index contributed by atoms with van der Waals surface area (Å²) in [5.41, 5.74) is 2.02. The van der Waals surface area contributed by atoms with Crippen molar-refractivity contribution in [2.75, 3.05) is 7.11 Å². The SMILES string of the molecule is CO/N=C/c1cc2ccccc2cc1C(=O)c1ccccc1. The number of nitrogens with zero attached hydrogens (tertiary/aromatic N) is 1. The average molecular weight is 289 g/mol. The molecule has 0 saturated heterocycles. The Balaban J connectivity index is 2.17. The highest BCUT2D eigenvalue weighted by atomic mass is 16.6. The van der Waals surface area contributed by atoms with Gasteiger partial charge in [-0.25, -0.2) is 0 Å². The van der Waals surface area contributed by atoms with E-state index < -0.39 is 0 Å². The Morgan fingerprint density at radius 2 is 1.59 bits per heavy atom. The van der Waals surface area contributed by atoms with Gasteiger partial charge in [-0.05, 0) is 22.9 Å². The Morgan fingerprint density at radius 3 is 2.27 bits per heavy atom. The Kier molecular flexibility index (Phi) is 3.97. The predicted molar refractivity (Wildman–Crippen MR) is 88.4 cm³/mol. The van der Waals surface area contributed by atoms with Gasteiger partial charge in [-0.2, -0.15) is 0 Å². The monoisotopic (exact) mass is 289 g/mol. The number of carbonyl (C=O) groups excluding carboxylic acids is 1. The van der Waals surface area contributed by atoms with Crippen LogP contribution in [0, 0.1) is 0 Å². The van der Waals surface area contributed by atoms with Crippen LogP contribution in [0.15, 0.2) is 71.9 Å². The fourth-order valence-corrected chi connectivity index (χ4v) is 2.42. The van der Waals surface area contributed by atoms with Crippen LogP contribution in [0.3, 0.4) is 0 Å². The fraction of sp³-hybridized carbons (Fsp3) is 0.0526. The van der Waals surface area contributed by atoms with E-state index in [1.807, 2.05) is 66.7 Å². The molecule has 3 aromatic carbocycles. The highest BCUT2D eigenvalue weighted by Crippen LogP contribution is 2.22. The third-order valence-electron chi connectivity index (χ3n) is 3.50. The molecule has 0 heterocycles. The fourth-order valence-electron chi connectivity index (χ4n) is 2.42. The van der Waals surface area contributed by atoms with Crippen molar-refractivity contribution in [2.24, 2.45) is 5.16 Å². The molecule has 0 unspecified atom stereocenters. The van der Waals surface area contributed by atoms with Crippen molar-refractivity contribution in [2.45, 2.75) is 0 Å². The number of rotatable bonds is 4. The summed E-state index contributed by atoms with van der Waals surface area (Å²) in [6, 6.07) is 21.0. The molecule has 3 rings (SSSR count). The van der Waals surface area contributed by atoms with Crippen LogP contribution >= 0.6 is 0 Å². The molecule has 0 fully saturated rings. The first-order chi connectivity index (χ1) is 10.8. The van der Waals surface area contributed by atoms with Crippen molar-refractivity contribution in [1.29, 1.82) is 0 Å². The summed E-state index contributed by atoms with van der Waals surface area (Å²) in [7, 11) is 1.48. The van der Waals surface area contributed by atoms with Crippen LogP contribution in [0.5, 0.6) is 0 Å². The second kappa shape index (κ2) is 6.22. The van der Waals surface area contributed by atoms with Crippen molar-refractivity contribution < 1.29 is 9.63 Å². The summed E-state index contributed by atoms with van der Waals surface area (Å²) < 4.78 is 0. The van der Waals surface area contributed by atoms with Gasteiger partial charge in [-0.1, -0.05) is 59.8 Å². The number of carbonyl (C=O) groups is 1. The van der Waals surface area contributed by atoms with Gasteiger partial charge in [0.2, 0.25) is 0 Å². The third kappa shape index (κ3) is 2.74. The molecule has 0 amide bonds. The van der Waals surface area contributed by atoms with Crippen LogP contribution in [0.1, 0.15) is 21.5 Å². The van der Waals surface area contributed by atoms with Crippen molar-refractivity contribution in [1.82, 2.24) is 0 Å². The maximum absolute atomic E-state index is 12.8. The molecular weight excluding hydrogens is 274 g/mol. The highest BCUT2D eigenvalue weighted by molar-refractivity contribution is 6.15. The summed E-state index contributed by atoms with van der Waals surface area (Å²) in [5, 5.41) is 5.89. The lowest BCUT2D eigenvalue weighted by Crippen LogP contribution is -2.05. The van der Waals surface area contributed by atoms with E-state index in [1.165, 1.54) is 7.11 Å². The highest BCUT2D eigenvalue weighted by Gasteiger charge is 2.13. The molecule has 0 N–H and O–H groups in total. The van der Waals surface area contributed by atoms with E-state index in [1.54, 1.807) is 6.21 Å². The molecular formula is C19H15NO2. The van der Waals surface area contributed by atoms with E-state index in [0.717, 1.165) is 16.3 Å². The van der Waals surface area contributed by atoms with E-state index in [2.05, 4.69) is 5.16 Å². The van der Waals surface area contributed by atoms with E-state index in [4.69, 9.17) is 4.84 Å². The maximum atomic E-state index is 12.8. The van der Waals surface area contributed by atoms with E-state index in [0.29, 0.717) is 11.1 Å². The number of oxime groups is 1. The van der Waals surface area contributed by atoms with Crippen molar-refractivity contribution >= 4 is 22.8 Å². The Labute approximate surface area is 128 Å². The predicted octanol–water partition coefficient (Wildman–Crippen LogP) is 4.05. The zero-order valence-corrected chi connectivity index (χ0v) is 12.2. The van der Waals surface area contributed by atoms with Gasteiger partial charge in [-0.3, -0.25) is 4.79 Å². The van der Waals surface area contributed by atoms with Crippen molar-refractivity contribution in [3.05, 3.63) is 83.4 Å². The van der Waals surface area contributed by atoms with Gasteiger partial charge in [0.25, 0.3) is 0 Å². The maximum Gasteiger partial charge on any atom is 0.193 e. The lowest BCUT2D eigenvalue weighted by molar-refractivity contribution is 0.103. The molecule has 22 heavy (non-hydrogen) atoms. The van der Waals surface area contributed by atoms with Gasteiger partial charge in [0.05, 0.1) is 6.21 Å². The number of hydrogen-bond donors (Lipinski definition) is 0. The quantitative estimate of drug-likeness (QED) is 0.413. The molecule has 3 nitrogen and oxygen atoms in total. The normalized spacial score (nSPS) is 11.0. The molecule has 0 bridgehead atoms. The van der Waals surface area contributed by atoms with Crippen LogP contribution < -0.4 is 0 Å². The van der Waals surface area contributed by atoms with Crippen LogP contribution in [0.25, 0.3) is 10.8 Å². The van der Waals surface area contributed by atoms with Gasteiger partial charge in [0, 0.05) is 16.7 Å². The van der Waals surface area contributed by atoms with Gasteiger partial charge in [0.1, 0.15) is 7.11 Å². The largest absolute Gasteiger partial charge is 0.399 e. The Morgan fingerprint density at radius 1 is 0.955 bits per heavy atom. The van der Waals surface area contributed by atoms with Crippen LogP contribution in [0.4, 0.5) is 0 Å². The second-order valence-electron chi connectivity index (χ2n) is 4.90. The smallest absolute Gasteiger partial charge is 0.193 e. The Bertz CT molecular complexity index is 838. The Hall–Kier alpha value is -2.94. The average Bonchev–Trinajstić information content (AvgIpc) is 2.59. The van der Waals surface area contributed by atoms with Gasteiger partial charge < -0.3 is 4.84 Å². The number of hydrogen-bond acceptors (Lipinski definition) is 3. The topological polar surface area (TPSA) is 38.7 Å². The summed E-state index contributed by atoms with van der Waals surface area (Å²) in [5.74, 6) is -0.0242. The summed E-state index contributed by atoms with van der Waals surface area (Å²) >= 11 is 0. The third-order valence-corrected chi connectivity index (χ3v) is 3.50. The van der Waals surface area contributed by atoms with Crippen LogP contribution in [-0.4, -0.2) is 19.1 Å². The molecule has 0 spiro atoms. The molecule has 0 aliphatic rings. The minimum Gasteiger partial charge on any atom is -0.399 e. The minimum absolute atomic E-state index is 0.0242. The van der Waals surface area contributed by atoms with Crippen molar-refractivity contribution in [3.63, 3.8) is 0 Å². The number of fused-ring (bicyclic) bond motifs is 1. The molecule has 0 aliphatic heterocycles. The van der Waals surface area contributed by atoms with Crippen LogP contribution in [0.2, 0.25) is 0 Å². The van der Waals surface area contributed by atoms with E-state index >= 15 is 0 Å². The van der Waals surface area contributed by atoms with Crippen molar-refractivity contribution in [3.8, 4) is 0 Å². The first-order valence-electron chi connectivity index (χ1n) is 6.98. The van der Waals surface area contributed by atoms with Gasteiger partial charge >= 0.3 is 0 Å². The minimum atomic E-state index is -0.0242. The van der Waals surface area contributed by atoms with Crippen LogP contribution in [-0.2, 0) is 4.84 Å². The van der Waals surface area contributed by atoms with Gasteiger partial charge in [-0.15, -0.1) is 0 Å². The molecule has 0 radical (unpaired) electrons. The van der Waals surface area contributed by atoms with E-state index in [9.17, 15) is 4.79 Å². The zero-order valence-electron chi connectivity index (χ0n) is 12.2. The summed E-state index contributed by atoms with van der Waals surface area (Å²) in [6.07, 6.45) is 1.57. The summed E-state index contributed by atoms with van der Waals surface area (Å²) in [4.78, 5) is 17.5. The number of benzene rings is 3. The first kappa shape index (κ1) is 14.0. The molecule has 3 heteroatoms. The lowest BCUT2D eigenvalue weighted by atomic mass is 9.95. The molecule has 0 aliphatic carbocycles. The lowest BCUT2D eigenvalue weighted by Gasteiger charge is -2.08. The molecule has 0 saturated carbocycles. The molecule has 0 aromatic heterocycles. The van der Waals surface area contributed by atoms with E-state index in [-0.39, 0.29) is 5.78 Å².